The van der Waals surface area contributed by atoms with E-state index in [-0.39, 0.29) is 6.42 Å². The second-order valence-corrected chi connectivity index (χ2v) is 5.06. The number of benzene rings is 2. The van der Waals surface area contributed by atoms with E-state index in [1.807, 2.05) is 6.07 Å². The van der Waals surface area contributed by atoms with Crippen LogP contribution in [0.5, 0.6) is 0 Å². The second kappa shape index (κ2) is 5.75. The highest BCUT2D eigenvalue weighted by Gasteiger charge is 2.30. The summed E-state index contributed by atoms with van der Waals surface area (Å²) >= 11 is 0. The molecule has 23 heavy (non-hydrogen) atoms. The van der Waals surface area contributed by atoms with Crippen molar-refractivity contribution >= 4 is 22.5 Å². The van der Waals surface area contributed by atoms with Crippen molar-refractivity contribution in [2.75, 3.05) is 5.32 Å². The normalized spacial score (nSPS) is 11.6. The maximum atomic E-state index is 12.7. The molecule has 1 aromatic heterocycles. The van der Waals surface area contributed by atoms with E-state index in [0.29, 0.717) is 16.8 Å². The molecule has 1 amide bonds. The quantitative estimate of drug-likeness (QED) is 0.772. The number of nitrogens with one attached hydrogen (secondary N) is 2. The number of carbonyl (C=O) groups is 1. The molecule has 4 nitrogen and oxygen atoms in total. The van der Waals surface area contributed by atoms with Crippen molar-refractivity contribution in [1.29, 1.82) is 0 Å². The van der Waals surface area contributed by atoms with E-state index in [2.05, 4.69) is 15.5 Å². The zero-order chi connectivity index (χ0) is 16.4. The Balaban J connectivity index is 1.76. The summed E-state index contributed by atoms with van der Waals surface area (Å²) in [5.41, 5.74) is 0.745. The number of carbonyl (C=O) groups excluding carboxylic acids is 1. The molecular formula is C16H12F3N3O. The van der Waals surface area contributed by atoms with Crippen molar-refractivity contribution in [1.82, 2.24) is 10.2 Å². The molecule has 0 radical (unpaired) electrons. The minimum Gasteiger partial charge on any atom is -0.324 e. The Kier molecular flexibility index (Phi) is 3.77. The van der Waals surface area contributed by atoms with Gasteiger partial charge in [-0.15, -0.1) is 0 Å². The first-order chi connectivity index (χ1) is 10.9. The summed E-state index contributed by atoms with van der Waals surface area (Å²) in [4.78, 5) is 12.1. The van der Waals surface area contributed by atoms with Gasteiger partial charge in [-0.3, -0.25) is 9.89 Å². The second-order valence-electron chi connectivity index (χ2n) is 5.06. The van der Waals surface area contributed by atoms with E-state index in [1.54, 1.807) is 18.3 Å². The number of halogens is 3. The van der Waals surface area contributed by atoms with Gasteiger partial charge in [-0.25, -0.2) is 0 Å². The number of H-pyrrole nitrogens is 1. The predicted molar refractivity (Wildman–Crippen MR) is 79.9 cm³/mol. The van der Waals surface area contributed by atoms with Crippen molar-refractivity contribution in [2.24, 2.45) is 0 Å². The Morgan fingerprint density at radius 3 is 2.74 bits per heavy atom. The number of aromatic nitrogens is 2. The number of fused-ring (bicyclic) bond motifs is 1. The molecule has 0 aliphatic carbocycles. The smallest absolute Gasteiger partial charge is 0.324 e. The standard InChI is InChI=1S/C16H12F3N3O/c17-16(18,19)12-5-1-3-10(7-12)8-14(23)21-13-6-2-4-11-9-20-22-15(11)13/h1-7,9H,8H2,(H,20,22)(H,21,23). The van der Waals surface area contributed by atoms with Crippen LogP contribution in [0.2, 0.25) is 0 Å². The van der Waals surface area contributed by atoms with Crippen LogP contribution in [0.1, 0.15) is 11.1 Å². The summed E-state index contributed by atoms with van der Waals surface area (Å²) in [6.07, 6.45) is -2.94. The van der Waals surface area contributed by atoms with Crippen LogP contribution in [0.3, 0.4) is 0 Å². The molecule has 0 spiro atoms. The zero-order valence-corrected chi connectivity index (χ0v) is 11.8. The number of aromatic amines is 1. The maximum absolute atomic E-state index is 12.7. The molecule has 7 heteroatoms. The third-order valence-corrected chi connectivity index (χ3v) is 3.37. The van der Waals surface area contributed by atoms with E-state index >= 15 is 0 Å². The predicted octanol–water partition coefficient (Wildman–Crippen LogP) is 3.76. The number of rotatable bonds is 3. The van der Waals surface area contributed by atoms with Crippen LogP contribution in [0.15, 0.2) is 48.7 Å². The molecule has 0 aliphatic heterocycles. The van der Waals surface area contributed by atoms with Crippen molar-refractivity contribution in [3.8, 4) is 0 Å². The summed E-state index contributed by atoms with van der Waals surface area (Å²) in [7, 11) is 0. The van der Waals surface area contributed by atoms with Gasteiger partial charge in [0.2, 0.25) is 5.91 Å². The Morgan fingerprint density at radius 2 is 1.96 bits per heavy atom. The Morgan fingerprint density at radius 1 is 1.17 bits per heavy atom. The van der Waals surface area contributed by atoms with Gasteiger partial charge in [-0.05, 0) is 17.7 Å². The summed E-state index contributed by atoms with van der Waals surface area (Å²) < 4.78 is 38.0. The van der Waals surface area contributed by atoms with E-state index in [4.69, 9.17) is 0 Å². The van der Waals surface area contributed by atoms with Gasteiger partial charge in [-0.2, -0.15) is 18.3 Å². The summed E-state index contributed by atoms with van der Waals surface area (Å²) in [5.74, 6) is -0.397. The Hall–Kier alpha value is -2.83. The van der Waals surface area contributed by atoms with Crippen LogP contribution < -0.4 is 5.32 Å². The lowest BCUT2D eigenvalue weighted by Gasteiger charge is -2.09. The minimum absolute atomic E-state index is 0.144. The number of hydrogen-bond acceptors (Lipinski definition) is 2. The monoisotopic (exact) mass is 319 g/mol. The number of hydrogen-bond donors (Lipinski definition) is 2. The molecule has 118 valence electrons. The molecule has 0 saturated carbocycles. The minimum atomic E-state index is -4.42. The average Bonchev–Trinajstić information content (AvgIpc) is 2.96. The third-order valence-electron chi connectivity index (χ3n) is 3.37. The van der Waals surface area contributed by atoms with Crippen molar-refractivity contribution in [3.05, 3.63) is 59.8 Å². The molecule has 2 aromatic carbocycles. The van der Waals surface area contributed by atoms with Crippen LogP contribution in [-0.2, 0) is 17.4 Å². The van der Waals surface area contributed by atoms with Crippen LogP contribution in [0.4, 0.5) is 18.9 Å². The zero-order valence-electron chi connectivity index (χ0n) is 11.8. The van der Waals surface area contributed by atoms with Crippen molar-refractivity contribution in [3.63, 3.8) is 0 Å². The molecule has 0 atom stereocenters. The lowest BCUT2D eigenvalue weighted by molar-refractivity contribution is -0.137. The highest BCUT2D eigenvalue weighted by molar-refractivity contribution is 6.00. The molecule has 0 fully saturated rings. The van der Waals surface area contributed by atoms with Gasteiger partial charge in [0.15, 0.2) is 0 Å². The summed E-state index contributed by atoms with van der Waals surface area (Å²) in [5, 5.41) is 10.2. The molecule has 3 aromatic rings. The lowest BCUT2D eigenvalue weighted by atomic mass is 10.1. The topological polar surface area (TPSA) is 57.8 Å². The van der Waals surface area contributed by atoms with Crippen molar-refractivity contribution < 1.29 is 18.0 Å². The number of amides is 1. The molecule has 2 N–H and O–H groups in total. The first-order valence-corrected chi connectivity index (χ1v) is 6.81. The Bertz CT molecular complexity index is 855. The van der Waals surface area contributed by atoms with E-state index in [9.17, 15) is 18.0 Å². The van der Waals surface area contributed by atoms with Crippen LogP contribution in [0.25, 0.3) is 10.9 Å². The fraction of sp³-hybridized carbons (Fsp3) is 0.125. The molecule has 3 rings (SSSR count). The number of para-hydroxylation sites is 1. The molecule has 0 saturated heterocycles. The van der Waals surface area contributed by atoms with Gasteiger partial charge in [0, 0.05) is 5.39 Å². The molecule has 0 unspecified atom stereocenters. The maximum Gasteiger partial charge on any atom is 0.416 e. The van der Waals surface area contributed by atoms with Gasteiger partial charge in [-0.1, -0.05) is 30.3 Å². The largest absolute Gasteiger partial charge is 0.416 e. The SMILES string of the molecule is O=C(Cc1cccc(C(F)(F)F)c1)Nc1cccc2cn[nH]c12. The van der Waals surface area contributed by atoms with E-state index in [0.717, 1.165) is 17.5 Å². The van der Waals surface area contributed by atoms with Crippen LogP contribution in [-0.4, -0.2) is 16.1 Å². The first kappa shape index (κ1) is 15.1. The number of nitrogens with zero attached hydrogens (tertiary/aromatic N) is 1. The van der Waals surface area contributed by atoms with Crippen molar-refractivity contribution in [2.45, 2.75) is 12.6 Å². The number of anilines is 1. The first-order valence-electron chi connectivity index (χ1n) is 6.81. The van der Waals surface area contributed by atoms with Gasteiger partial charge >= 0.3 is 6.18 Å². The highest BCUT2D eigenvalue weighted by atomic mass is 19.4. The fourth-order valence-electron chi connectivity index (χ4n) is 2.31. The van der Waals surface area contributed by atoms with Crippen LogP contribution >= 0.6 is 0 Å². The third kappa shape index (κ3) is 3.33. The highest BCUT2D eigenvalue weighted by Crippen LogP contribution is 2.29. The fourth-order valence-corrected chi connectivity index (χ4v) is 2.31. The molecule has 1 heterocycles. The van der Waals surface area contributed by atoms with E-state index < -0.39 is 17.6 Å². The van der Waals surface area contributed by atoms with Crippen LogP contribution in [0, 0.1) is 0 Å². The van der Waals surface area contributed by atoms with Gasteiger partial charge < -0.3 is 5.32 Å². The van der Waals surface area contributed by atoms with Gasteiger partial charge in [0.05, 0.1) is 29.4 Å². The average molecular weight is 319 g/mol. The lowest BCUT2D eigenvalue weighted by Crippen LogP contribution is -2.15. The van der Waals surface area contributed by atoms with E-state index in [1.165, 1.54) is 12.1 Å². The Labute approximate surface area is 129 Å². The number of alkyl halides is 3. The summed E-state index contributed by atoms with van der Waals surface area (Å²) in [6.45, 7) is 0. The summed E-state index contributed by atoms with van der Waals surface area (Å²) in [6, 6.07) is 10.0. The molecule has 0 bridgehead atoms. The van der Waals surface area contributed by atoms with Gasteiger partial charge in [0.1, 0.15) is 0 Å². The molecular weight excluding hydrogens is 307 g/mol. The van der Waals surface area contributed by atoms with Gasteiger partial charge in [0.25, 0.3) is 0 Å². The molecule has 0 aliphatic rings.